The van der Waals surface area contributed by atoms with E-state index in [-0.39, 0.29) is 39.4 Å². The molecule has 9 nitrogen and oxygen atoms in total. The summed E-state index contributed by atoms with van der Waals surface area (Å²) in [6.07, 6.45) is -2.81. The Hall–Kier alpha value is -4.37. The van der Waals surface area contributed by atoms with Crippen LogP contribution in [0.3, 0.4) is 0 Å². The average Bonchev–Trinajstić information content (AvgIpc) is 2.85. The molecule has 0 unspecified atom stereocenters. The molecular formula is C26H22O9. The highest BCUT2D eigenvalue weighted by Gasteiger charge is 2.34. The molecule has 0 amide bonds. The van der Waals surface area contributed by atoms with Crippen LogP contribution in [0.1, 0.15) is 28.9 Å². The first kappa shape index (κ1) is 23.8. The summed E-state index contributed by atoms with van der Waals surface area (Å²) in [5, 5.41) is 12.0. The Balaban J connectivity index is 1.94. The van der Waals surface area contributed by atoms with Gasteiger partial charge in [0, 0.05) is 22.9 Å². The van der Waals surface area contributed by atoms with Gasteiger partial charge in [0.05, 0.1) is 19.8 Å². The van der Waals surface area contributed by atoms with Crippen LogP contribution in [-0.2, 0) is 4.74 Å². The van der Waals surface area contributed by atoms with Gasteiger partial charge in [-0.3, -0.25) is 0 Å². The number of fused-ring (bicyclic) bond motifs is 2. The van der Waals surface area contributed by atoms with Crippen LogP contribution in [0.25, 0.3) is 21.9 Å². The van der Waals surface area contributed by atoms with E-state index in [0.29, 0.717) is 10.8 Å². The molecule has 0 saturated heterocycles. The van der Waals surface area contributed by atoms with Gasteiger partial charge < -0.3 is 28.2 Å². The quantitative estimate of drug-likeness (QED) is 0.240. The fourth-order valence-corrected chi connectivity index (χ4v) is 3.77. The van der Waals surface area contributed by atoms with Crippen LogP contribution in [0, 0.1) is 0 Å². The highest BCUT2D eigenvalue weighted by atomic mass is 16.6. The Morgan fingerprint density at radius 1 is 0.857 bits per heavy atom. The van der Waals surface area contributed by atoms with E-state index in [1.807, 2.05) is 0 Å². The third-order valence-electron chi connectivity index (χ3n) is 5.49. The molecule has 2 aromatic carbocycles. The minimum atomic E-state index is -1.41. The molecule has 2 aromatic heterocycles. The van der Waals surface area contributed by atoms with Crippen LogP contribution in [0.2, 0.25) is 0 Å². The molecule has 0 radical (unpaired) electrons. The monoisotopic (exact) mass is 478 g/mol. The lowest BCUT2D eigenvalue weighted by molar-refractivity contribution is -0.00855. The van der Waals surface area contributed by atoms with Crippen LogP contribution in [0.4, 0.5) is 0 Å². The van der Waals surface area contributed by atoms with Crippen LogP contribution in [-0.4, -0.2) is 31.4 Å². The van der Waals surface area contributed by atoms with Gasteiger partial charge in [-0.1, -0.05) is 6.58 Å². The minimum Gasteiger partial charge on any atom is -0.496 e. The first-order valence-electron chi connectivity index (χ1n) is 10.5. The van der Waals surface area contributed by atoms with Gasteiger partial charge in [0.15, 0.2) is 11.7 Å². The lowest BCUT2D eigenvalue weighted by Gasteiger charge is -2.26. The maximum Gasteiger partial charge on any atom is 0.346 e. The van der Waals surface area contributed by atoms with Gasteiger partial charge in [0.25, 0.3) is 0 Å². The number of carbonyl (C=O) groups excluding carboxylic acids is 1. The van der Waals surface area contributed by atoms with Crippen LogP contribution in [0.15, 0.2) is 79.1 Å². The van der Waals surface area contributed by atoms with E-state index < -0.39 is 29.4 Å². The maximum absolute atomic E-state index is 13.5. The van der Waals surface area contributed by atoms with Crippen molar-refractivity contribution >= 4 is 27.9 Å². The van der Waals surface area contributed by atoms with Crippen LogP contribution in [0.5, 0.6) is 11.5 Å². The van der Waals surface area contributed by atoms with E-state index in [1.54, 1.807) is 31.2 Å². The topological polar surface area (TPSA) is 125 Å². The summed E-state index contributed by atoms with van der Waals surface area (Å²) in [6, 6.07) is 11.9. The zero-order chi connectivity index (χ0) is 25.3. The third-order valence-corrected chi connectivity index (χ3v) is 5.49. The van der Waals surface area contributed by atoms with Crippen LogP contribution >= 0.6 is 0 Å². The highest BCUT2D eigenvalue weighted by molar-refractivity contribution is 6.04. The summed E-state index contributed by atoms with van der Waals surface area (Å²) in [5.41, 5.74) is -1.02. The third kappa shape index (κ3) is 4.41. The Morgan fingerprint density at radius 3 is 1.94 bits per heavy atom. The Kier molecular flexibility index (Phi) is 6.44. The van der Waals surface area contributed by atoms with Crippen molar-refractivity contribution in [1.82, 2.24) is 0 Å². The Labute approximate surface area is 198 Å². The highest BCUT2D eigenvalue weighted by Crippen LogP contribution is 2.39. The van der Waals surface area contributed by atoms with Crippen molar-refractivity contribution < 1.29 is 32.9 Å². The molecule has 1 N–H and O–H groups in total. The van der Waals surface area contributed by atoms with Crippen molar-refractivity contribution in [2.45, 2.75) is 19.1 Å². The lowest BCUT2D eigenvalue weighted by Crippen LogP contribution is -2.26. The number of hydrogen-bond donors (Lipinski definition) is 1. The molecule has 9 heteroatoms. The van der Waals surface area contributed by atoms with Crippen molar-refractivity contribution in [1.29, 1.82) is 0 Å². The number of rotatable bonds is 7. The molecule has 0 bridgehead atoms. The summed E-state index contributed by atoms with van der Waals surface area (Å²) in [7, 11) is 2.74. The second-order valence-electron chi connectivity index (χ2n) is 7.79. The van der Waals surface area contributed by atoms with Gasteiger partial charge in [-0.05, 0) is 48.9 Å². The van der Waals surface area contributed by atoms with E-state index in [4.69, 9.17) is 23.0 Å². The second-order valence-corrected chi connectivity index (χ2v) is 7.79. The maximum atomic E-state index is 13.5. The van der Waals surface area contributed by atoms with E-state index in [0.717, 1.165) is 0 Å². The summed E-state index contributed by atoms with van der Waals surface area (Å²) < 4.78 is 27.2. The molecule has 180 valence electrons. The number of esters is 1. The standard InChI is InChI=1S/C26H22O9/c1-13(2)22(29)25(20-16(31-3)9-5-14-7-11-18(27)33-23(14)20)35-26(30)21-17(32-4)10-6-15-8-12-19(28)34-24(15)21/h5-12,22,25,29H,1H2,2-4H3/t22-,25+/m0/s1. The molecule has 4 rings (SSSR count). The molecule has 4 aromatic rings. The van der Waals surface area contributed by atoms with Crippen molar-refractivity contribution in [3.05, 3.63) is 92.7 Å². The first-order chi connectivity index (χ1) is 16.7. The number of aliphatic hydroxyl groups is 1. The van der Waals surface area contributed by atoms with Crippen molar-refractivity contribution in [3.63, 3.8) is 0 Å². The molecule has 0 spiro atoms. The molecule has 0 saturated carbocycles. The molecule has 0 fully saturated rings. The number of carbonyl (C=O) groups is 1. The molecule has 0 aliphatic rings. The average molecular weight is 478 g/mol. The summed E-state index contributed by atoms with van der Waals surface area (Å²) in [6.45, 7) is 5.32. The van der Waals surface area contributed by atoms with E-state index in [2.05, 4.69) is 6.58 Å². The normalized spacial score (nSPS) is 12.8. The van der Waals surface area contributed by atoms with Gasteiger partial charge >= 0.3 is 17.2 Å². The minimum absolute atomic E-state index is 0.0400. The molecular weight excluding hydrogens is 456 g/mol. The zero-order valence-corrected chi connectivity index (χ0v) is 19.2. The van der Waals surface area contributed by atoms with E-state index >= 15 is 0 Å². The van der Waals surface area contributed by atoms with Gasteiger partial charge in [0.1, 0.15) is 28.7 Å². The zero-order valence-electron chi connectivity index (χ0n) is 19.2. The largest absolute Gasteiger partial charge is 0.496 e. The molecule has 0 aliphatic carbocycles. The van der Waals surface area contributed by atoms with Crippen molar-refractivity contribution in [2.75, 3.05) is 14.2 Å². The van der Waals surface area contributed by atoms with E-state index in [1.165, 1.54) is 38.5 Å². The number of methoxy groups -OCH3 is 2. The van der Waals surface area contributed by atoms with Gasteiger partial charge in [-0.2, -0.15) is 0 Å². The number of aliphatic hydroxyl groups excluding tert-OH is 1. The lowest BCUT2D eigenvalue weighted by atomic mass is 9.96. The number of benzene rings is 2. The smallest absolute Gasteiger partial charge is 0.346 e. The SMILES string of the molecule is C=C(C)[C@H](O)[C@H](OC(=O)c1c(OC)ccc2ccc(=O)oc12)c1c(OC)ccc2ccc(=O)oc12. The van der Waals surface area contributed by atoms with Crippen molar-refractivity contribution in [3.8, 4) is 11.5 Å². The predicted octanol–water partition coefficient (Wildman–Crippen LogP) is 3.75. The first-order valence-corrected chi connectivity index (χ1v) is 10.5. The van der Waals surface area contributed by atoms with Gasteiger partial charge in [-0.15, -0.1) is 0 Å². The Bertz CT molecular complexity index is 1560. The van der Waals surface area contributed by atoms with Crippen LogP contribution < -0.4 is 20.7 Å². The summed E-state index contributed by atoms with van der Waals surface area (Å²) >= 11 is 0. The Morgan fingerprint density at radius 2 is 1.37 bits per heavy atom. The van der Waals surface area contributed by atoms with Gasteiger partial charge in [0.2, 0.25) is 0 Å². The van der Waals surface area contributed by atoms with Crippen molar-refractivity contribution in [2.24, 2.45) is 0 Å². The molecule has 35 heavy (non-hydrogen) atoms. The molecule has 0 aliphatic heterocycles. The summed E-state index contributed by atoms with van der Waals surface area (Å²) in [5.74, 6) is -0.650. The summed E-state index contributed by atoms with van der Waals surface area (Å²) in [4.78, 5) is 37.4. The van der Waals surface area contributed by atoms with Gasteiger partial charge in [-0.25, -0.2) is 14.4 Å². The predicted molar refractivity (Wildman–Crippen MR) is 127 cm³/mol. The molecule has 2 heterocycles. The fraction of sp³-hybridized carbons (Fsp3) is 0.192. The second kappa shape index (κ2) is 9.47. The van der Waals surface area contributed by atoms with E-state index in [9.17, 15) is 19.5 Å². The number of hydrogen-bond acceptors (Lipinski definition) is 9. The number of ether oxygens (including phenoxy) is 3. The molecule has 2 atom stereocenters. The fourth-order valence-electron chi connectivity index (χ4n) is 3.77.